The van der Waals surface area contributed by atoms with Crippen molar-refractivity contribution in [2.45, 2.75) is 0 Å². The molecule has 0 aliphatic heterocycles. The average molecular weight is 430 g/mol. The molecule has 0 aromatic heterocycles. The molecule has 0 saturated carbocycles. The molecule has 0 fully saturated rings. The summed E-state index contributed by atoms with van der Waals surface area (Å²) < 4.78 is 19.4. The molecule has 0 unspecified atom stereocenters. The third-order valence-corrected chi connectivity index (χ3v) is 4.58. The van der Waals surface area contributed by atoms with E-state index in [0.717, 1.165) is 0 Å². The maximum absolute atomic E-state index is 11.3. The minimum absolute atomic E-state index is 0.00815. The molecule has 0 heterocycles. The molecule has 6 nitrogen and oxygen atoms in total. The van der Waals surface area contributed by atoms with Gasteiger partial charge in [-0.2, -0.15) is 0 Å². The van der Waals surface area contributed by atoms with Crippen LogP contribution in [-0.2, 0) is 18.9 Å². The van der Waals surface area contributed by atoms with E-state index in [1.54, 1.807) is 0 Å². The van der Waals surface area contributed by atoms with Crippen LogP contribution in [0.5, 0.6) is 0 Å². The lowest BCUT2D eigenvalue weighted by Crippen LogP contribution is -2.38. The van der Waals surface area contributed by atoms with Crippen molar-refractivity contribution in [3.63, 3.8) is 0 Å². The normalized spacial score (nSPS) is 10.4. The molecule has 120 valence electrons. The Balaban J connectivity index is 4.34. The molecule has 0 amide bonds. The number of carbonyl (C=O) groups is 2. The monoisotopic (exact) mass is 428 g/mol. The molecule has 0 bridgehead atoms. The van der Waals surface area contributed by atoms with Gasteiger partial charge in [0.05, 0.1) is 5.41 Å². The van der Waals surface area contributed by atoms with Crippen LogP contribution in [0.4, 0.5) is 9.59 Å². The van der Waals surface area contributed by atoms with Crippen LogP contribution in [0.3, 0.4) is 0 Å². The Morgan fingerprint density at radius 3 is 1.52 bits per heavy atom. The third kappa shape index (κ3) is 8.77. The summed E-state index contributed by atoms with van der Waals surface area (Å²) in [5.41, 5.74) is -0.625. The van der Waals surface area contributed by atoms with Crippen LogP contribution in [0.2, 0.25) is 0 Å². The first-order valence-corrected chi connectivity index (χ1v) is 8.20. The van der Waals surface area contributed by atoms with Gasteiger partial charge in [-0.3, -0.25) is 0 Å². The molecule has 8 heteroatoms. The average Bonchev–Trinajstić information content (AvgIpc) is 2.51. The minimum atomic E-state index is -0.810. The van der Waals surface area contributed by atoms with Gasteiger partial charge in [-0.15, -0.1) is 0 Å². The molecule has 0 saturated heterocycles. The standard InChI is InChI=1S/C13H18Br2O6/c1-3-5-18-11(16)20-9-13(7-14,8-15)10-21-12(17)19-6-4-2/h3-4H,1-2,5-10H2. The quantitative estimate of drug-likeness (QED) is 0.301. The van der Waals surface area contributed by atoms with Crippen LogP contribution in [0, 0.1) is 5.41 Å². The number of alkyl halides is 2. The van der Waals surface area contributed by atoms with Gasteiger partial charge in [0.25, 0.3) is 0 Å². The van der Waals surface area contributed by atoms with Crippen molar-refractivity contribution in [3.8, 4) is 0 Å². The molecule has 0 aromatic rings. The molecule has 0 N–H and O–H groups in total. The molecular weight excluding hydrogens is 412 g/mol. The first kappa shape index (κ1) is 20.0. The maximum Gasteiger partial charge on any atom is 0.508 e. The van der Waals surface area contributed by atoms with E-state index in [2.05, 4.69) is 45.0 Å². The molecule has 0 aliphatic rings. The number of hydrogen-bond acceptors (Lipinski definition) is 6. The van der Waals surface area contributed by atoms with E-state index in [1.807, 2.05) is 0 Å². The van der Waals surface area contributed by atoms with E-state index in [0.29, 0.717) is 10.7 Å². The Labute approximate surface area is 140 Å². The predicted molar refractivity (Wildman–Crippen MR) is 85.0 cm³/mol. The summed E-state index contributed by atoms with van der Waals surface area (Å²) in [5.74, 6) is 0. The molecule has 0 atom stereocenters. The number of hydrogen-bond donors (Lipinski definition) is 0. The van der Waals surface area contributed by atoms with Crippen LogP contribution in [-0.4, -0.2) is 49.4 Å². The van der Waals surface area contributed by atoms with Gasteiger partial charge in [-0.1, -0.05) is 57.2 Å². The molecular formula is C13H18Br2O6. The van der Waals surface area contributed by atoms with E-state index in [9.17, 15) is 9.59 Å². The SMILES string of the molecule is C=CCOC(=O)OCC(CBr)(CBr)COC(=O)OCC=C. The van der Waals surface area contributed by atoms with Crippen molar-refractivity contribution in [2.24, 2.45) is 5.41 Å². The second-order valence-corrected chi connectivity index (χ2v) is 5.17. The fourth-order valence-corrected chi connectivity index (χ4v) is 2.57. The van der Waals surface area contributed by atoms with Gasteiger partial charge in [0.2, 0.25) is 0 Å². The smallest absolute Gasteiger partial charge is 0.433 e. The van der Waals surface area contributed by atoms with Crippen molar-refractivity contribution < 1.29 is 28.5 Å². The van der Waals surface area contributed by atoms with E-state index in [4.69, 9.17) is 18.9 Å². The highest BCUT2D eigenvalue weighted by Gasteiger charge is 2.32. The molecule has 0 aliphatic carbocycles. The zero-order chi connectivity index (χ0) is 16.1. The summed E-state index contributed by atoms with van der Waals surface area (Å²) >= 11 is 6.62. The highest BCUT2D eigenvalue weighted by atomic mass is 79.9. The van der Waals surface area contributed by atoms with Gasteiger partial charge in [-0.05, 0) is 0 Å². The van der Waals surface area contributed by atoms with Gasteiger partial charge in [-0.25, -0.2) is 9.59 Å². The fraction of sp³-hybridized carbons (Fsp3) is 0.538. The number of ether oxygens (including phenoxy) is 4. The fourth-order valence-electron chi connectivity index (χ4n) is 0.993. The molecule has 0 rings (SSSR count). The Kier molecular flexibility index (Phi) is 11.1. The van der Waals surface area contributed by atoms with Crippen molar-refractivity contribution in [2.75, 3.05) is 37.1 Å². The summed E-state index contributed by atoms with van der Waals surface area (Å²) in [6.07, 6.45) is 1.25. The van der Waals surface area contributed by atoms with Crippen molar-refractivity contribution in [1.29, 1.82) is 0 Å². The Morgan fingerprint density at radius 2 is 1.24 bits per heavy atom. The summed E-state index contributed by atoms with van der Waals surface area (Å²) in [6, 6.07) is 0. The number of halogens is 2. The highest BCUT2D eigenvalue weighted by molar-refractivity contribution is 9.09. The molecule has 21 heavy (non-hydrogen) atoms. The molecule has 0 aromatic carbocycles. The maximum atomic E-state index is 11.3. The van der Waals surface area contributed by atoms with E-state index in [-0.39, 0.29) is 26.4 Å². The van der Waals surface area contributed by atoms with Crippen LogP contribution in [0.1, 0.15) is 0 Å². The Hall–Kier alpha value is -1.02. The van der Waals surface area contributed by atoms with Crippen LogP contribution in [0.25, 0.3) is 0 Å². The number of rotatable bonds is 10. The lowest BCUT2D eigenvalue weighted by molar-refractivity contribution is 0.00132. The summed E-state index contributed by atoms with van der Waals surface area (Å²) in [5, 5.41) is 0.878. The van der Waals surface area contributed by atoms with Gasteiger partial charge in [0.15, 0.2) is 0 Å². The lowest BCUT2D eigenvalue weighted by atomic mass is 9.96. The van der Waals surface area contributed by atoms with E-state index in [1.165, 1.54) is 12.2 Å². The van der Waals surface area contributed by atoms with Crippen molar-refractivity contribution in [3.05, 3.63) is 25.3 Å². The summed E-state index contributed by atoms with van der Waals surface area (Å²) in [6.45, 7) is 6.99. The topological polar surface area (TPSA) is 71.1 Å². The largest absolute Gasteiger partial charge is 0.508 e. The summed E-state index contributed by atoms with van der Waals surface area (Å²) in [4.78, 5) is 22.6. The lowest BCUT2D eigenvalue weighted by Gasteiger charge is -2.28. The Bertz CT molecular complexity index is 325. The van der Waals surface area contributed by atoms with Crippen LogP contribution >= 0.6 is 31.9 Å². The predicted octanol–water partition coefficient (Wildman–Crippen LogP) is 3.44. The van der Waals surface area contributed by atoms with Crippen LogP contribution in [0.15, 0.2) is 25.3 Å². The Morgan fingerprint density at radius 1 is 0.857 bits per heavy atom. The van der Waals surface area contributed by atoms with Crippen molar-refractivity contribution in [1.82, 2.24) is 0 Å². The summed E-state index contributed by atoms with van der Waals surface area (Å²) in [7, 11) is 0. The second-order valence-electron chi connectivity index (χ2n) is 4.04. The first-order valence-electron chi connectivity index (χ1n) is 5.96. The minimum Gasteiger partial charge on any atom is -0.433 e. The van der Waals surface area contributed by atoms with E-state index >= 15 is 0 Å². The van der Waals surface area contributed by atoms with Gasteiger partial charge >= 0.3 is 12.3 Å². The van der Waals surface area contributed by atoms with Gasteiger partial charge in [0, 0.05) is 10.7 Å². The first-order chi connectivity index (χ1) is 10.0. The zero-order valence-corrected chi connectivity index (χ0v) is 14.7. The third-order valence-electron chi connectivity index (χ3n) is 2.20. The van der Waals surface area contributed by atoms with Gasteiger partial charge in [0.1, 0.15) is 26.4 Å². The molecule has 0 radical (unpaired) electrons. The highest BCUT2D eigenvalue weighted by Crippen LogP contribution is 2.25. The zero-order valence-electron chi connectivity index (χ0n) is 11.5. The second kappa shape index (κ2) is 11.6. The number of carbonyl (C=O) groups excluding carboxylic acids is 2. The van der Waals surface area contributed by atoms with Crippen molar-refractivity contribution >= 4 is 44.2 Å². The van der Waals surface area contributed by atoms with E-state index < -0.39 is 17.7 Å². The molecule has 0 spiro atoms. The van der Waals surface area contributed by atoms with Crippen LogP contribution < -0.4 is 0 Å². The van der Waals surface area contributed by atoms with Gasteiger partial charge < -0.3 is 18.9 Å².